The van der Waals surface area contributed by atoms with Gasteiger partial charge in [-0.1, -0.05) is 6.92 Å². The van der Waals surface area contributed by atoms with Crippen LogP contribution in [-0.4, -0.2) is 25.7 Å². The first kappa shape index (κ1) is 12.6. The number of allylic oxidation sites excluding steroid dienone is 2. The number of methoxy groups -OCH3 is 1. The van der Waals surface area contributed by atoms with E-state index in [2.05, 4.69) is 4.99 Å². The van der Waals surface area contributed by atoms with Crippen molar-refractivity contribution in [2.45, 2.75) is 19.8 Å². The van der Waals surface area contributed by atoms with E-state index in [0.29, 0.717) is 6.42 Å². The second-order valence-corrected chi connectivity index (χ2v) is 4.27. The summed E-state index contributed by atoms with van der Waals surface area (Å²) < 4.78 is 5.18. The molecule has 3 nitrogen and oxygen atoms in total. The van der Waals surface area contributed by atoms with Gasteiger partial charge >= 0.3 is 0 Å². The van der Waals surface area contributed by atoms with Crippen LogP contribution in [0.2, 0.25) is 0 Å². The first-order valence-electron chi connectivity index (χ1n) is 6.07. The zero-order valence-electron chi connectivity index (χ0n) is 11.0. The van der Waals surface area contributed by atoms with E-state index in [-0.39, 0.29) is 5.78 Å². The molecule has 0 atom stereocenters. The third kappa shape index (κ3) is 2.21. The van der Waals surface area contributed by atoms with Crippen molar-refractivity contribution in [2.24, 2.45) is 4.99 Å². The maximum atomic E-state index is 12.2. The topological polar surface area (TPSA) is 38.7 Å². The number of ketones is 1. The molecule has 94 valence electrons. The number of Topliss-reactive ketones (excluding diaryl/α,β-unsaturated/α-hetero) is 1. The average molecular weight is 243 g/mol. The Hall–Kier alpha value is -1.90. The zero-order chi connectivity index (χ0) is 13.1. The molecule has 0 heterocycles. The van der Waals surface area contributed by atoms with E-state index in [9.17, 15) is 4.79 Å². The maximum Gasteiger partial charge on any atom is 0.189 e. The number of ether oxygens (including phenoxy) is 1. The summed E-state index contributed by atoms with van der Waals surface area (Å²) in [5.74, 6) is 0.907. The number of hydrogen-bond donors (Lipinski definition) is 0. The van der Waals surface area contributed by atoms with Gasteiger partial charge in [0.15, 0.2) is 5.78 Å². The molecule has 0 saturated heterocycles. The lowest BCUT2D eigenvalue weighted by Gasteiger charge is -2.01. The van der Waals surface area contributed by atoms with Crippen molar-refractivity contribution in [3.8, 4) is 5.75 Å². The van der Waals surface area contributed by atoms with Gasteiger partial charge in [0.25, 0.3) is 0 Å². The predicted octanol–water partition coefficient (Wildman–Crippen LogP) is 2.84. The Kier molecular flexibility index (Phi) is 3.60. The summed E-state index contributed by atoms with van der Waals surface area (Å²) >= 11 is 0. The second kappa shape index (κ2) is 5.17. The number of hydrogen-bond acceptors (Lipinski definition) is 3. The summed E-state index contributed by atoms with van der Waals surface area (Å²) in [6.07, 6.45) is 3.42. The smallest absolute Gasteiger partial charge is 0.189 e. The molecule has 0 aliphatic heterocycles. The number of carbonyl (C=O) groups excluding carboxylic acids is 1. The highest BCUT2D eigenvalue weighted by atomic mass is 16.5. The monoisotopic (exact) mass is 243 g/mol. The Bertz CT molecular complexity index is 541. The predicted molar refractivity (Wildman–Crippen MR) is 72.8 cm³/mol. The number of aliphatic imine (C=N–C) groups is 1. The summed E-state index contributed by atoms with van der Waals surface area (Å²) in [6, 6.07) is 5.60. The summed E-state index contributed by atoms with van der Waals surface area (Å²) in [6.45, 7) is 2.04. The largest absolute Gasteiger partial charge is 0.497 e. The van der Waals surface area contributed by atoms with Gasteiger partial charge in [-0.2, -0.15) is 0 Å². The fourth-order valence-electron chi connectivity index (χ4n) is 2.17. The lowest BCUT2D eigenvalue weighted by atomic mass is 10.1. The molecule has 0 aromatic heterocycles. The zero-order valence-corrected chi connectivity index (χ0v) is 11.0. The van der Waals surface area contributed by atoms with Crippen molar-refractivity contribution in [1.29, 1.82) is 0 Å². The lowest BCUT2D eigenvalue weighted by molar-refractivity contribution is 0.103. The van der Waals surface area contributed by atoms with Crippen LogP contribution in [0.5, 0.6) is 5.75 Å². The summed E-state index contributed by atoms with van der Waals surface area (Å²) in [5.41, 5.74) is 3.60. The van der Waals surface area contributed by atoms with Crippen molar-refractivity contribution in [3.63, 3.8) is 0 Å². The number of carbonyl (C=O) groups is 1. The van der Waals surface area contributed by atoms with Crippen molar-refractivity contribution < 1.29 is 9.53 Å². The number of nitrogens with zero attached hydrogens (tertiary/aromatic N) is 1. The molecule has 0 N–H and O–H groups in total. The Morgan fingerprint density at radius 3 is 2.89 bits per heavy atom. The third-order valence-corrected chi connectivity index (χ3v) is 3.22. The third-order valence-electron chi connectivity index (χ3n) is 3.22. The van der Waals surface area contributed by atoms with E-state index in [4.69, 9.17) is 4.74 Å². The van der Waals surface area contributed by atoms with Crippen molar-refractivity contribution in [3.05, 3.63) is 41.0 Å². The second-order valence-electron chi connectivity index (χ2n) is 4.27. The molecule has 0 amide bonds. The highest BCUT2D eigenvalue weighted by molar-refractivity contribution is 6.16. The van der Waals surface area contributed by atoms with Crippen LogP contribution in [0.3, 0.4) is 0 Å². The van der Waals surface area contributed by atoms with Gasteiger partial charge in [-0.05, 0) is 36.3 Å². The number of benzene rings is 1. The first-order chi connectivity index (χ1) is 8.69. The van der Waals surface area contributed by atoms with Gasteiger partial charge in [0.05, 0.1) is 7.11 Å². The van der Waals surface area contributed by atoms with Gasteiger partial charge in [-0.3, -0.25) is 9.79 Å². The van der Waals surface area contributed by atoms with Gasteiger partial charge in [0.1, 0.15) is 5.75 Å². The SMILES string of the molecule is CCC(/C=C1\Cc2cc(OC)ccc2C1=O)=NC. The van der Waals surface area contributed by atoms with Crippen LogP contribution >= 0.6 is 0 Å². The van der Waals surface area contributed by atoms with Crippen LogP contribution in [-0.2, 0) is 6.42 Å². The van der Waals surface area contributed by atoms with E-state index in [1.807, 2.05) is 31.2 Å². The van der Waals surface area contributed by atoms with Crippen LogP contribution < -0.4 is 4.74 Å². The fourth-order valence-corrected chi connectivity index (χ4v) is 2.17. The molecule has 1 aliphatic carbocycles. The Morgan fingerprint density at radius 1 is 1.50 bits per heavy atom. The average Bonchev–Trinajstić information content (AvgIpc) is 2.72. The molecule has 0 bridgehead atoms. The summed E-state index contributed by atoms with van der Waals surface area (Å²) in [5, 5.41) is 0. The minimum atomic E-state index is 0.113. The molecule has 0 fully saturated rings. The molecule has 0 saturated carbocycles. The summed E-state index contributed by atoms with van der Waals surface area (Å²) in [7, 11) is 3.39. The molecule has 1 aromatic carbocycles. The highest BCUT2D eigenvalue weighted by Gasteiger charge is 2.25. The Labute approximate surface area is 107 Å². The number of fused-ring (bicyclic) bond motifs is 1. The van der Waals surface area contributed by atoms with E-state index in [1.54, 1.807) is 14.2 Å². The number of rotatable bonds is 3. The first-order valence-corrected chi connectivity index (χ1v) is 6.07. The fraction of sp³-hybridized carbons (Fsp3) is 0.333. The normalized spacial score (nSPS) is 17.2. The standard InChI is InChI=1S/C15H17NO2/c1-4-12(16-2)8-11-7-10-9-13(18-3)5-6-14(10)15(11)17/h5-6,8-9H,4,7H2,1-3H3/b11-8+,16-12?. The Balaban J connectivity index is 2.35. The molecule has 3 heteroatoms. The van der Waals surface area contributed by atoms with Crippen LogP contribution in [0.15, 0.2) is 34.8 Å². The minimum absolute atomic E-state index is 0.113. The molecule has 1 aromatic rings. The van der Waals surface area contributed by atoms with E-state index in [0.717, 1.165) is 34.6 Å². The lowest BCUT2D eigenvalue weighted by Crippen LogP contribution is -2.00. The molecular weight excluding hydrogens is 226 g/mol. The van der Waals surface area contributed by atoms with Gasteiger partial charge in [0.2, 0.25) is 0 Å². The van der Waals surface area contributed by atoms with Crippen LogP contribution in [0.1, 0.15) is 29.3 Å². The minimum Gasteiger partial charge on any atom is -0.497 e. The van der Waals surface area contributed by atoms with Gasteiger partial charge in [0, 0.05) is 30.3 Å². The van der Waals surface area contributed by atoms with Crippen LogP contribution in [0, 0.1) is 0 Å². The van der Waals surface area contributed by atoms with Gasteiger partial charge < -0.3 is 4.74 Å². The quantitative estimate of drug-likeness (QED) is 0.605. The molecule has 0 radical (unpaired) electrons. The van der Waals surface area contributed by atoms with Crippen molar-refractivity contribution in [1.82, 2.24) is 0 Å². The molecule has 18 heavy (non-hydrogen) atoms. The summed E-state index contributed by atoms with van der Waals surface area (Å²) in [4.78, 5) is 16.4. The van der Waals surface area contributed by atoms with E-state index < -0.39 is 0 Å². The highest BCUT2D eigenvalue weighted by Crippen LogP contribution is 2.29. The van der Waals surface area contributed by atoms with E-state index in [1.165, 1.54) is 0 Å². The Morgan fingerprint density at radius 2 is 2.28 bits per heavy atom. The van der Waals surface area contributed by atoms with Gasteiger partial charge in [-0.15, -0.1) is 0 Å². The maximum absolute atomic E-state index is 12.2. The molecule has 2 rings (SSSR count). The molecule has 0 spiro atoms. The van der Waals surface area contributed by atoms with Crippen LogP contribution in [0.25, 0.3) is 0 Å². The van der Waals surface area contributed by atoms with Crippen LogP contribution in [0.4, 0.5) is 0 Å². The molecular formula is C15H17NO2. The van der Waals surface area contributed by atoms with Crippen molar-refractivity contribution >= 4 is 11.5 Å². The van der Waals surface area contributed by atoms with Gasteiger partial charge in [-0.25, -0.2) is 0 Å². The van der Waals surface area contributed by atoms with Crippen molar-refractivity contribution in [2.75, 3.05) is 14.2 Å². The molecule has 0 unspecified atom stereocenters. The van der Waals surface area contributed by atoms with E-state index >= 15 is 0 Å². The molecule has 1 aliphatic rings.